The number of nitrogens with zero attached hydrogens (tertiary/aromatic N) is 4. The first-order valence-corrected chi connectivity index (χ1v) is 8.48. The monoisotopic (exact) mass is 374 g/mol. The molecule has 3 aliphatic heterocycles. The SMILES string of the molecule is COC(=O)N1CC2CC1C1C(=O)N(c3ccc(C#N)c(Cl)c3C)C(=O)N21. The lowest BCUT2D eigenvalue weighted by Gasteiger charge is -2.33. The minimum absolute atomic E-state index is 0.209. The molecule has 4 rings (SSSR count). The molecule has 9 heteroatoms. The molecule has 3 fully saturated rings. The van der Waals surface area contributed by atoms with E-state index < -0.39 is 18.2 Å². The fourth-order valence-electron chi connectivity index (χ4n) is 4.21. The Morgan fingerprint density at radius 2 is 2.12 bits per heavy atom. The maximum Gasteiger partial charge on any atom is 0.409 e. The molecule has 3 saturated heterocycles. The molecule has 0 N–H and O–H groups in total. The maximum atomic E-state index is 13.0. The maximum absolute atomic E-state index is 13.0. The van der Waals surface area contributed by atoms with Crippen molar-refractivity contribution < 1.29 is 19.1 Å². The number of rotatable bonds is 1. The number of carbonyl (C=O) groups excluding carboxylic acids is 3. The van der Waals surface area contributed by atoms with Crippen molar-refractivity contribution in [1.29, 1.82) is 5.26 Å². The van der Waals surface area contributed by atoms with Gasteiger partial charge >= 0.3 is 12.1 Å². The van der Waals surface area contributed by atoms with Crippen LogP contribution in [0.5, 0.6) is 0 Å². The number of urea groups is 1. The van der Waals surface area contributed by atoms with Gasteiger partial charge in [-0.2, -0.15) is 5.26 Å². The van der Waals surface area contributed by atoms with Crippen LogP contribution in [0.25, 0.3) is 0 Å². The quantitative estimate of drug-likeness (QED) is 0.699. The predicted octanol–water partition coefficient (Wildman–Crippen LogP) is 1.88. The van der Waals surface area contributed by atoms with Crippen molar-refractivity contribution in [3.63, 3.8) is 0 Å². The van der Waals surface area contributed by atoms with Gasteiger partial charge < -0.3 is 14.5 Å². The van der Waals surface area contributed by atoms with Crippen LogP contribution in [0.2, 0.25) is 5.02 Å². The third-order valence-corrected chi connectivity index (χ3v) is 5.88. The fraction of sp³-hybridized carbons (Fsp3) is 0.412. The molecule has 2 bridgehead atoms. The fourth-order valence-corrected chi connectivity index (χ4v) is 4.41. The average Bonchev–Trinajstić information content (AvgIpc) is 3.29. The van der Waals surface area contributed by atoms with Gasteiger partial charge in [-0.15, -0.1) is 0 Å². The highest BCUT2D eigenvalue weighted by Crippen LogP contribution is 2.43. The van der Waals surface area contributed by atoms with Gasteiger partial charge in [0, 0.05) is 6.54 Å². The zero-order chi connectivity index (χ0) is 18.7. The molecule has 0 saturated carbocycles. The number of imide groups is 1. The van der Waals surface area contributed by atoms with E-state index in [2.05, 4.69) is 0 Å². The molecule has 3 aliphatic rings. The van der Waals surface area contributed by atoms with Crippen molar-refractivity contribution in [3.8, 4) is 6.07 Å². The van der Waals surface area contributed by atoms with Gasteiger partial charge in [0.2, 0.25) is 0 Å². The van der Waals surface area contributed by atoms with Gasteiger partial charge in [0.15, 0.2) is 0 Å². The number of methoxy groups -OCH3 is 1. The van der Waals surface area contributed by atoms with Crippen LogP contribution in [-0.2, 0) is 9.53 Å². The van der Waals surface area contributed by atoms with Gasteiger partial charge in [0.1, 0.15) is 12.1 Å². The molecule has 0 aromatic heterocycles. The van der Waals surface area contributed by atoms with Crippen molar-refractivity contribution in [1.82, 2.24) is 9.80 Å². The van der Waals surface area contributed by atoms with Crippen LogP contribution in [0.4, 0.5) is 15.3 Å². The number of carbonyl (C=O) groups is 3. The molecule has 1 aromatic carbocycles. The van der Waals surface area contributed by atoms with E-state index in [1.807, 2.05) is 6.07 Å². The molecule has 0 aliphatic carbocycles. The molecule has 0 radical (unpaired) electrons. The molecule has 3 heterocycles. The van der Waals surface area contributed by atoms with Crippen molar-refractivity contribution in [2.45, 2.75) is 31.5 Å². The Kier molecular flexibility index (Phi) is 3.59. The Balaban J connectivity index is 1.72. The second kappa shape index (κ2) is 5.61. The first kappa shape index (κ1) is 16.7. The van der Waals surface area contributed by atoms with E-state index in [9.17, 15) is 14.4 Å². The zero-order valence-corrected chi connectivity index (χ0v) is 14.9. The highest BCUT2D eigenvalue weighted by molar-refractivity contribution is 6.33. The van der Waals surface area contributed by atoms with Crippen molar-refractivity contribution >= 4 is 35.3 Å². The van der Waals surface area contributed by atoms with E-state index >= 15 is 0 Å². The molecule has 4 amide bonds. The minimum Gasteiger partial charge on any atom is -0.453 e. The number of anilines is 1. The van der Waals surface area contributed by atoms with E-state index in [0.29, 0.717) is 24.2 Å². The number of likely N-dealkylation sites (tertiary alicyclic amines) is 1. The van der Waals surface area contributed by atoms with Gasteiger partial charge in [-0.1, -0.05) is 11.6 Å². The second-order valence-electron chi connectivity index (χ2n) is 6.57. The van der Waals surface area contributed by atoms with Crippen LogP contribution in [-0.4, -0.2) is 59.6 Å². The molecule has 3 unspecified atom stereocenters. The molecule has 1 aromatic rings. The molecule has 0 spiro atoms. The van der Waals surface area contributed by atoms with Crippen LogP contribution >= 0.6 is 11.6 Å². The first-order valence-electron chi connectivity index (χ1n) is 8.10. The van der Waals surface area contributed by atoms with Gasteiger partial charge in [-0.3, -0.25) is 4.79 Å². The number of hydrogen-bond acceptors (Lipinski definition) is 5. The summed E-state index contributed by atoms with van der Waals surface area (Å²) in [6.45, 7) is 2.02. The number of ether oxygens (including phenoxy) is 1. The van der Waals surface area contributed by atoms with Gasteiger partial charge in [0.05, 0.1) is 35.5 Å². The van der Waals surface area contributed by atoms with Crippen LogP contribution in [0, 0.1) is 18.3 Å². The van der Waals surface area contributed by atoms with E-state index in [1.165, 1.54) is 18.1 Å². The Morgan fingerprint density at radius 3 is 2.77 bits per heavy atom. The molecule has 8 nitrogen and oxygen atoms in total. The van der Waals surface area contributed by atoms with E-state index in [4.69, 9.17) is 21.6 Å². The lowest BCUT2D eigenvalue weighted by Crippen LogP contribution is -2.54. The third kappa shape index (κ3) is 1.98. The summed E-state index contributed by atoms with van der Waals surface area (Å²) in [5, 5.41) is 9.30. The smallest absolute Gasteiger partial charge is 0.409 e. The third-order valence-electron chi connectivity index (χ3n) is 5.39. The summed E-state index contributed by atoms with van der Waals surface area (Å²) in [4.78, 5) is 42.1. The normalized spacial score (nSPS) is 26.4. The van der Waals surface area contributed by atoms with Crippen molar-refractivity contribution in [2.75, 3.05) is 18.6 Å². The lowest BCUT2D eigenvalue weighted by molar-refractivity contribution is -0.121. The topological polar surface area (TPSA) is 94.0 Å². The van der Waals surface area contributed by atoms with E-state index in [1.54, 1.807) is 17.9 Å². The molecule has 134 valence electrons. The highest BCUT2D eigenvalue weighted by atomic mass is 35.5. The van der Waals surface area contributed by atoms with Crippen molar-refractivity contribution in [3.05, 3.63) is 28.3 Å². The number of nitriles is 1. The van der Waals surface area contributed by atoms with Crippen LogP contribution < -0.4 is 4.90 Å². The van der Waals surface area contributed by atoms with Gasteiger partial charge in [-0.05, 0) is 31.0 Å². The van der Waals surface area contributed by atoms with Crippen LogP contribution in [0.1, 0.15) is 17.5 Å². The summed E-state index contributed by atoms with van der Waals surface area (Å²) in [6, 6.07) is 3.30. The number of amides is 4. The number of hydrogen-bond donors (Lipinski definition) is 0. The zero-order valence-electron chi connectivity index (χ0n) is 14.1. The minimum atomic E-state index is -0.714. The Hall–Kier alpha value is -2.79. The number of benzene rings is 1. The summed E-state index contributed by atoms with van der Waals surface area (Å²) in [5.74, 6) is -0.389. The second-order valence-corrected chi connectivity index (χ2v) is 6.95. The number of halogens is 1. The number of piperazine rings is 1. The van der Waals surface area contributed by atoms with Crippen molar-refractivity contribution in [2.24, 2.45) is 0 Å². The van der Waals surface area contributed by atoms with E-state index in [0.717, 1.165) is 4.90 Å². The Labute approximate surface area is 154 Å². The predicted molar refractivity (Wildman–Crippen MR) is 90.7 cm³/mol. The molecular formula is C17H15ClN4O4. The Morgan fingerprint density at radius 1 is 1.38 bits per heavy atom. The van der Waals surface area contributed by atoms with Gasteiger partial charge in [0.25, 0.3) is 5.91 Å². The van der Waals surface area contributed by atoms with E-state index in [-0.39, 0.29) is 28.6 Å². The van der Waals surface area contributed by atoms with Crippen LogP contribution in [0.3, 0.4) is 0 Å². The molecule has 3 atom stereocenters. The summed E-state index contributed by atoms with van der Waals surface area (Å²) >= 11 is 6.19. The Bertz CT molecular complexity index is 895. The summed E-state index contributed by atoms with van der Waals surface area (Å²) in [7, 11) is 1.29. The summed E-state index contributed by atoms with van der Waals surface area (Å²) in [6.07, 6.45) is 0.0755. The molecule has 26 heavy (non-hydrogen) atoms. The average molecular weight is 375 g/mol. The summed E-state index contributed by atoms with van der Waals surface area (Å²) in [5.41, 5.74) is 1.14. The lowest BCUT2D eigenvalue weighted by atomic mass is 10.1. The number of fused-ring (bicyclic) bond motifs is 5. The standard InChI is InChI=1S/C17H15ClN4O4/c1-8-11(4-3-9(6-19)13(8)18)22-15(23)14-12-5-10(21(14)16(22)24)7-20(12)17(25)26-2/h3-4,10,12,14H,5,7H2,1-2H3. The molecular weight excluding hydrogens is 360 g/mol. The highest BCUT2D eigenvalue weighted by Gasteiger charge is 2.63. The first-order chi connectivity index (χ1) is 12.4. The summed E-state index contributed by atoms with van der Waals surface area (Å²) < 4.78 is 4.78. The van der Waals surface area contributed by atoms with Gasteiger partial charge in [-0.25, -0.2) is 14.5 Å². The van der Waals surface area contributed by atoms with Crippen LogP contribution in [0.15, 0.2) is 12.1 Å². The largest absolute Gasteiger partial charge is 0.453 e.